The molecule has 1 heterocycles. The van der Waals surface area contributed by atoms with Crippen LogP contribution in [0.15, 0.2) is 11.3 Å². The lowest BCUT2D eigenvalue weighted by molar-refractivity contribution is -0.127. The number of ether oxygens (including phenoxy) is 2. The van der Waals surface area contributed by atoms with Crippen molar-refractivity contribution in [3.05, 3.63) is 11.3 Å². The predicted octanol–water partition coefficient (Wildman–Crippen LogP) is 2.12. The van der Waals surface area contributed by atoms with E-state index in [1.54, 1.807) is 20.8 Å². The van der Waals surface area contributed by atoms with Crippen molar-refractivity contribution in [3.8, 4) is 0 Å². The number of carboxylic acid groups (broad SMARTS) is 1. The van der Waals surface area contributed by atoms with Gasteiger partial charge < -0.3 is 14.6 Å². The first-order chi connectivity index (χ1) is 8.61. The molecule has 2 amide bonds. The van der Waals surface area contributed by atoms with Gasteiger partial charge in [0.1, 0.15) is 11.4 Å². The third-order valence-electron chi connectivity index (χ3n) is 2.37. The first kappa shape index (κ1) is 15.0. The molecule has 0 bridgehead atoms. The Hall–Kier alpha value is -2.05. The van der Waals surface area contributed by atoms with E-state index in [2.05, 4.69) is 4.74 Å². The summed E-state index contributed by atoms with van der Waals surface area (Å²) in [7, 11) is 0. The first-order valence-corrected chi connectivity index (χ1v) is 5.77. The largest absolute Gasteiger partial charge is 0.511 e. The van der Waals surface area contributed by atoms with Crippen molar-refractivity contribution >= 4 is 18.2 Å². The average molecular weight is 271 g/mol. The molecule has 0 fully saturated rings. The van der Waals surface area contributed by atoms with Crippen LogP contribution in [0, 0.1) is 0 Å². The predicted molar refractivity (Wildman–Crippen MR) is 64.4 cm³/mol. The van der Waals surface area contributed by atoms with E-state index in [4.69, 9.17) is 9.84 Å². The van der Waals surface area contributed by atoms with E-state index in [-0.39, 0.29) is 24.3 Å². The quantitative estimate of drug-likeness (QED) is 0.734. The standard InChI is InChI=1S/C12H17NO6/c1-7-8(18-11(16)17)5-6-13(9(7)14)10(15)19-12(2,3)4/h5-6H2,1-4H3,(H,16,17). The molecule has 19 heavy (non-hydrogen) atoms. The lowest BCUT2D eigenvalue weighted by atomic mass is 10.1. The van der Waals surface area contributed by atoms with E-state index in [1.165, 1.54) is 6.92 Å². The van der Waals surface area contributed by atoms with E-state index in [9.17, 15) is 14.4 Å². The fourth-order valence-electron chi connectivity index (χ4n) is 1.55. The maximum absolute atomic E-state index is 11.9. The highest BCUT2D eigenvalue weighted by Gasteiger charge is 2.33. The second kappa shape index (κ2) is 5.29. The SMILES string of the molecule is CC1=C(OC(=O)O)CCN(C(=O)OC(C)(C)C)C1=O. The Balaban J connectivity index is 2.83. The van der Waals surface area contributed by atoms with Gasteiger partial charge in [-0.05, 0) is 27.7 Å². The van der Waals surface area contributed by atoms with Crippen LogP contribution < -0.4 is 0 Å². The van der Waals surface area contributed by atoms with Gasteiger partial charge in [0.25, 0.3) is 5.91 Å². The van der Waals surface area contributed by atoms with Gasteiger partial charge in [0.15, 0.2) is 0 Å². The number of carbonyl (C=O) groups is 3. The zero-order chi connectivity index (χ0) is 14.8. The maximum atomic E-state index is 11.9. The van der Waals surface area contributed by atoms with Gasteiger partial charge in [-0.15, -0.1) is 0 Å². The third-order valence-corrected chi connectivity index (χ3v) is 2.37. The van der Waals surface area contributed by atoms with Crippen molar-refractivity contribution in [2.75, 3.05) is 6.54 Å². The molecule has 0 saturated heterocycles. The monoisotopic (exact) mass is 271 g/mol. The van der Waals surface area contributed by atoms with Crippen LogP contribution in [0.3, 0.4) is 0 Å². The molecule has 1 rings (SSSR count). The Bertz CT molecular complexity index is 446. The summed E-state index contributed by atoms with van der Waals surface area (Å²) in [5, 5.41) is 8.52. The van der Waals surface area contributed by atoms with Crippen molar-refractivity contribution < 1.29 is 29.0 Å². The van der Waals surface area contributed by atoms with Crippen molar-refractivity contribution in [2.24, 2.45) is 0 Å². The van der Waals surface area contributed by atoms with E-state index in [0.717, 1.165) is 4.90 Å². The molecule has 0 saturated carbocycles. The number of rotatable bonds is 1. The van der Waals surface area contributed by atoms with Crippen LogP contribution in [-0.4, -0.2) is 40.3 Å². The minimum absolute atomic E-state index is 0.0354. The van der Waals surface area contributed by atoms with E-state index >= 15 is 0 Å². The Morgan fingerprint density at radius 1 is 1.32 bits per heavy atom. The molecule has 0 atom stereocenters. The highest BCUT2D eigenvalue weighted by Crippen LogP contribution is 2.22. The molecule has 7 nitrogen and oxygen atoms in total. The molecule has 0 aromatic carbocycles. The van der Waals surface area contributed by atoms with Crippen LogP contribution in [0.4, 0.5) is 9.59 Å². The average Bonchev–Trinajstić information content (AvgIpc) is 2.21. The molecular formula is C12H17NO6. The summed E-state index contributed by atoms with van der Waals surface area (Å²) < 4.78 is 9.60. The third kappa shape index (κ3) is 3.97. The summed E-state index contributed by atoms with van der Waals surface area (Å²) >= 11 is 0. The first-order valence-electron chi connectivity index (χ1n) is 5.77. The fourth-order valence-corrected chi connectivity index (χ4v) is 1.55. The summed E-state index contributed by atoms with van der Waals surface area (Å²) in [5.41, 5.74) is -0.605. The summed E-state index contributed by atoms with van der Waals surface area (Å²) in [5.74, 6) is -0.533. The summed E-state index contributed by atoms with van der Waals surface area (Å²) in [6, 6.07) is 0. The van der Waals surface area contributed by atoms with Crippen molar-refractivity contribution in [3.63, 3.8) is 0 Å². The lowest BCUT2D eigenvalue weighted by Crippen LogP contribution is -2.44. The Kier molecular flexibility index (Phi) is 4.18. The lowest BCUT2D eigenvalue weighted by Gasteiger charge is -2.29. The van der Waals surface area contributed by atoms with Gasteiger partial charge in [-0.3, -0.25) is 4.79 Å². The molecule has 0 aromatic rings. The Morgan fingerprint density at radius 2 is 1.89 bits per heavy atom. The number of hydrogen-bond donors (Lipinski definition) is 1. The van der Waals surface area contributed by atoms with Gasteiger partial charge in [0, 0.05) is 13.0 Å². The van der Waals surface area contributed by atoms with Gasteiger partial charge in [-0.1, -0.05) is 0 Å². The normalized spacial score (nSPS) is 16.4. The van der Waals surface area contributed by atoms with Gasteiger partial charge >= 0.3 is 12.2 Å². The van der Waals surface area contributed by atoms with Crippen LogP contribution in [0.25, 0.3) is 0 Å². The minimum atomic E-state index is -1.48. The topological polar surface area (TPSA) is 93.1 Å². The van der Waals surface area contributed by atoms with E-state index < -0.39 is 23.8 Å². The Labute approximate surface area is 110 Å². The highest BCUT2D eigenvalue weighted by atomic mass is 16.7. The van der Waals surface area contributed by atoms with Crippen LogP contribution in [-0.2, 0) is 14.3 Å². The second-order valence-electron chi connectivity index (χ2n) is 5.10. The van der Waals surface area contributed by atoms with Crippen molar-refractivity contribution in [1.29, 1.82) is 0 Å². The number of carbonyl (C=O) groups excluding carboxylic acids is 2. The molecule has 0 aliphatic carbocycles. The van der Waals surface area contributed by atoms with Gasteiger partial charge in [-0.25, -0.2) is 14.5 Å². The molecular weight excluding hydrogens is 254 g/mol. The van der Waals surface area contributed by atoms with E-state index in [0.29, 0.717) is 0 Å². The maximum Gasteiger partial charge on any atom is 0.511 e. The van der Waals surface area contributed by atoms with Crippen LogP contribution in [0.1, 0.15) is 34.1 Å². The van der Waals surface area contributed by atoms with Crippen LogP contribution in [0.2, 0.25) is 0 Å². The number of hydrogen-bond acceptors (Lipinski definition) is 5. The van der Waals surface area contributed by atoms with Crippen molar-refractivity contribution in [2.45, 2.75) is 39.7 Å². The number of nitrogens with zero attached hydrogens (tertiary/aromatic N) is 1. The number of imide groups is 1. The zero-order valence-electron chi connectivity index (χ0n) is 11.3. The highest BCUT2D eigenvalue weighted by molar-refractivity contribution is 6.03. The fraction of sp³-hybridized carbons (Fsp3) is 0.583. The van der Waals surface area contributed by atoms with Crippen LogP contribution in [0.5, 0.6) is 0 Å². The van der Waals surface area contributed by atoms with Gasteiger partial charge in [0.05, 0.1) is 5.57 Å². The molecule has 0 aromatic heterocycles. The molecule has 1 aliphatic rings. The van der Waals surface area contributed by atoms with Crippen LogP contribution >= 0.6 is 0 Å². The summed E-state index contributed by atoms with van der Waals surface area (Å²) in [6.45, 7) is 6.54. The van der Waals surface area contributed by atoms with Gasteiger partial charge in [-0.2, -0.15) is 0 Å². The molecule has 106 valence electrons. The molecule has 1 aliphatic heterocycles. The molecule has 1 N–H and O–H groups in total. The zero-order valence-corrected chi connectivity index (χ0v) is 11.3. The number of amides is 2. The van der Waals surface area contributed by atoms with Gasteiger partial charge in [0.2, 0.25) is 0 Å². The minimum Gasteiger partial charge on any atom is -0.449 e. The van der Waals surface area contributed by atoms with E-state index in [1.807, 2.05) is 0 Å². The molecule has 0 unspecified atom stereocenters. The summed E-state index contributed by atoms with van der Waals surface area (Å²) in [4.78, 5) is 35.1. The second-order valence-corrected chi connectivity index (χ2v) is 5.10. The Morgan fingerprint density at radius 3 is 2.37 bits per heavy atom. The molecule has 7 heteroatoms. The molecule has 0 radical (unpaired) electrons. The smallest absolute Gasteiger partial charge is 0.449 e. The summed E-state index contributed by atoms with van der Waals surface area (Å²) in [6.07, 6.45) is -2.07. The van der Waals surface area contributed by atoms with Crippen molar-refractivity contribution in [1.82, 2.24) is 4.90 Å². The molecule has 0 spiro atoms.